The van der Waals surface area contributed by atoms with E-state index in [0.717, 1.165) is 52.4 Å². The van der Waals surface area contributed by atoms with Gasteiger partial charge in [0.05, 0.1) is 12.2 Å². The third kappa shape index (κ3) is 3.76. The highest BCUT2D eigenvalue weighted by atomic mass is 16.5. The third-order valence-corrected chi connectivity index (χ3v) is 4.60. The molecule has 2 saturated heterocycles. The summed E-state index contributed by atoms with van der Waals surface area (Å²) < 4.78 is 5.98. The van der Waals surface area contributed by atoms with Crippen molar-refractivity contribution in [2.24, 2.45) is 0 Å². The second kappa shape index (κ2) is 6.34. The Morgan fingerprint density at radius 3 is 2.57 bits per heavy atom. The second-order valence-corrected chi connectivity index (χ2v) is 6.57. The van der Waals surface area contributed by atoms with E-state index in [2.05, 4.69) is 53.2 Å². The molecular weight excluding hydrogens is 262 g/mol. The lowest BCUT2D eigenvalue weighted by Gasteiger charge is -2.40. The van der Waals surface area contributed by atoms with Gasteiger partial charge in [-0.1, -0.05) is 12.1 Å². The van der Waals surface area contributed by atoms with Gasteiger partial charge in [0.2, 0.25) is 0 Å². The summed E-state index contributed by atoms with van der Waals surface area (Å²) in [7, 11) is 0. The second-order valence-electron chi connectivity index (χ2n) is 6.57. The minimum atomic E-state index is 0.0867. The average molecular weight is 289 g/mol. The number of piperazine rings is 1. The van der Waals surface area contributed by atoms with Gasteiger partial charge in [0.25, 0.3) is 0 Å². The predicted octanol–water partition coefficient (Wildman–Crippen LogP) is 1.50. The van der Waals surface area contributed by atoms with Crippen molar-refractivity contribution in [1.29, 1.82) is 0 Å². The Morgan fingerprint density at radius 2 is 1.95 bits per heavy atom. The number of anilines is 1. The first-order valence-electron chi connectivity index (χ1n) is 8.03. The Kier molecular flexibility index (Phi) is 4.48. The summed E-state index contributed by atoms with van der Waals surface area (Å²) in [6, 6.07) is 8.81. The van der Waals surface area contributed by atoms with Crippen LogP contribution in [0.15, 0.2) is 24.3 Å². The van der Waals surface area contributed by atoms with E-state index in [1.54, 1.807) is 0 Å². The zero-order chi connectivity index (χ0) is 14.7. The largest absolute Gasteiger partial charge is 0.371 e. The molecule has 21 heavy (non-hydrogen) atoms. The Hall–Kier alpha value is -1.10. The first-order chi connectivity index (χ1) is 10.1. The molecule has 1 N–H and O–H groups in total. The van der Waals surface area contributed by atoms with E-state index in [0.29, 0.717) is 0 Å². The molecule has 116 valence electrons. The van der Waals surface area contributed by atoms with Crippen molar-refractivity contribution in [2.45, 2.75) is 19.4 Å². The van der Waals surface area contributed by atoms with Crippen LogP contribution in [-0.2, 0) is 4.74 Å². The van der Waals surface area contributed by atoms with Gasteiger partial charge < -0.3 is 15.0 Å². The lowest BCUT2D eigenvalue weighted by Crippen LogP contribution is -2.59. The van der Waals surface area contributed by atoms with Gasteiger partial charge in [0.15, 0.2) is 0 Å². The van der Waals surface area contributed by atoms with E-state index in [9.17, 15) is 0 Å². The molecule has 0 bridgehead atoms. The molecule has 0 aliphatic carbocycles. The fourth-order valence-corrected chi connectivity index (χ4v) is 3.05. The number of hydrogen-bond acceptors (Lipinski definition) is 4. The van der Waals surface area contributed by atoms with Gasteiger partial charge >= 0.3 is 0 Å². The van der Waals surface area contributed by atoms with Crippen LogP contribution >= 0.6 is 0 Å². The van der Waals surface area contributed by atoms with E-state index in [1.165, 1.54) is 11.3 Å². The Labute approximate surface area is 128 Å². The summed E-state index contributed by atoms with van der Waals surface area (Å²) in [6.07, 6.45) is 0. The molecule has 3 rings (SSSR count). The number of hydrogen-bond donors (Lipinski definition) is 1. The molecular formula is C17H27N3O. The normalized spacial score (nSPS) is 22.1. The van der Waals surface area contributed by atoms with Crippen LogP contribution in [0, 0.1) is 6.92 Å². The average Bonchev–Trinajstić information content (AvgIpc) is 2.46. The summed E-state index contributed by atoms with van der Waals surface area (Å²) in [6.45, 7) is 12.7. The van der Waals surface area contributed by atoms with E-state index in [-0.39, 0.29) is 5.60 Å². The van der Waals surface area contributed by atoms with Gasteiger partial charge in [-0.2, -0.15) is 0 Å². The van der Waals surface area contributed by atoms with E-state index < -0.39 is 0 Å². The standard InChI is InChI=1S/C17H27N3O/c1-15-4-3-5-16(12-15)20-8-6-19(7-9-20)10-11-21-17(2)13-18-14-17/h3-5,12,18H,6-11,13-14H2,1-2H3. The summed E-state index contributed by atoms with van der Waals surface area (Å²) in [5, 5.41) is 3.27. The molecule has 2 fully saturated rings. The minimum Gasteiger partial charge on any atom is -0.371 e. The number of nitrogens with zero attached hydrogens (tertiary/aromatic N) is 2. The number of aryl methyl sites for hydroxylation is 1. The van der Waals surface area contributed by atoms with Crippen molar-refractivity contribution in [1.82, 2.24) is 10.2 Å². The summed E-state index contributed by atoms with van der Waals surface area (Å²) in [5.74, 6) is 0. The highest BCUT2D eigenvalue weighted by molar-refractivity contribution is 5.48. The van der Waals surface area contributed by atoms with Crippen LogP contribution in [0.3, 0.4) is 0 Å². The van der Waals surface area contributed by atoms with Crippen molar-refractivity contribution in [3.63, 3.8) is 0 Å². The van der Waals surface area contributed by atoms with Gasteiger partial charge in [0.1, 0.15) is 0 Å². The molecule has 0 amide bonds. The van der Waals surface area contributed by atoms with E-state index in [4.69, 9.17) is 4.74 Å². The van der Waals surface area contributed by atoms with Crippen molar-refractivity contribution in [3.8, 4) is 0 Å². The molecule has 1 aromatic carbocycles. The molecule has 0 atom stereocenters. The molecule has 0 unspecified atom stereocenters. The third-order valence-electron chi connectivity index (χ3n) is 4.60. The Bertz CT molecular complexity index is 465. The van der Waals surface area contributed by atoms with Crippen LogP contribution in [0.1, 0.15) is 12.5 Å². The zero-order valence-electron chi connectivity index (χ0n) is 13.3. The summed E-state index contributed by atoms with van der Waals surface area (Å²) in [4.78, 5) is 5.00. The fraction of sp³-hybridized carbons (Fsp3) is 0.647. The molecule has 0 saturated carbocycles. The summed E-state index contributed by atoms with van der Waals surface area (Å²) >= 11 is 0. The molecule has 0 aromatic heterocycles. The zero-order valence-corrected chi connectivity index (χ0v) is 13.3. The number of nitrogens with one attached hydrogen (secondary N) is 1. The van der Waals surface area contributed by atoms with Gasteiger partial charge in [-0.3, -0.25) is 4.90 Å². The number of ether oxygens (including phenoxy) is 1. The maximum atomic E-state index is 5.98. The molecule has 2 aliphatic rings. The van der Waals surface area contributed by atoms with Gasteiger partial charge in [-0.15, -0.1) is 0 Å². The first kappa shape index (κ1) is 14.8. The monoisotopic (exact) mass is 289 g/mol. The molecule has 4 nitrogen and oxygen atoms in total. The van der Waals surface area contributed by atoms with Crippen LogP contribution in [0.2, 0.25) is 0 Å². The number of rotatable bonds is 5. The van der Waals surface area contributed by atoms with E-state index >= 15 is 0 Å². The van der Waals surface area contributed by atoms with E-state index in [1.807, 2.05) is 0 Å². The topological polar surface area (TPSA) is 27.7 Å². The van der Waals surface area contributed by atoms with Gasteiger partial charge in [0, 0.05) is 51.5 Å². The lowest BCUT2D eigenvalue weighted by atomic mass is 10.0. The first-order valence-corrected chi connectivity index (χ1v) is 8.03. The molecule has 0 spiro atoms. The number of benzene rings is 1. The van der Waals surface area contributed by atoms with Crippen LogP contribution in [0.25, 0.3) is 0 Å². The van der Waals surface area contributed by atoms with Crippen molar-refractivity contribution in [3.05, 3.63) is 29.8 Å². The Balaban J connectivity index is 1.40. The molecule has 2 aliphatic heterocycles. The molecule has 0 radical (unpaired) electrons. The van der Waals surface area contributed by atoms with Crippen molar-refractivity contribution >= 4 is 5.69 Å². The molecule has 4 heteroatoms. The fourth-order valence-electron chi connectivity index (χ4n) is 3.05. The quantitative estimate of drug-likeness (QED) is 0.889. The van der Waals surface area contributed by atoms with Crippen LogP contribution < -0.4 is 10.2 Å². The predicted molar refractivity (Wildman–Crippen MR) is 87.1 cm³/mol. The van der Waals surface area contributed by atoms with Crippen LogP contribution in [0.5, 0.6) is 0 Å². The maximum Gasteiger partial charge on any atom is 0.0902 e. The minimum absolute atomic E-state index is 0.0867. The van der Waals surface area contributed by atoms with Crippen molar-refractivity contribution < 1.29 is 4.74 Å². The smallest absolute Gasteiger partial charge is 0.0902 e. The lowest BCUT2D eigenvalue weighted by molar-refractivity contribution is -0.0723. The van der Waals surface area contributed by atoms with Gasteiger partial charge in [-0.05, 0) is 31.5 Å². The van der Waals surface area contributed by atoms with Crippen LogP contribution in [0.4, 0.5) is 5.69 Å². The van der Waals surface area contributed by atoms with Crippen LogP contribution in [-0.4, -0.2) is 62.9 Å². The molecule has 2 heterocycles. The summed E-state index contributed by atoms with van der Waals surface area (Å²) in [5.41, 5.74) is 2.79. The Morgan fingerprint density at radius 1 is 1.19 bits per heavy atom. The highest BCUT2D eigenvalue weighted by Gasteiger charge is 2.32. The maximum absolute atomic E-state index is 5.98. The molecule has 1 aromatic rings. The SMILES string of the molecule is Cc1cccc(N2CCN(CCOC3(C)CNC3)CC2)c1. The highest BCUT2D eigenvalue weighted by Crippen LogP contribution is 2.18. The van der Waals surface area contributed by atoms with Gasteiger partial charge in [-0.25, -0.2) is 0 Å². The van der Waals surface area contributed by atoms with Crippen molar-refractivity contribution in [2.75, 3.05) is 57.3 Å².